The summed E-state index contributed by atoms with van der Waals surface area (Å²) in [6, 6.07) is 10.9. The molecule has 0 saturated carbocycles. The van der Waals surface area contributed by atoms with Crippen LogP contribution < -0.4 is 15.8 Å². The minimum absolute atomic E-state index is 0.160. The third-order valence-corrected chi connectivity index (χ3v) is 2.72. The van der Waals surface area contributed by atoms with Crippen molar-refractivity contribution in [3.8, 4) is 5.75 Å². The Morgan fingerprint density at radius 3 is 2.60 bits per heavy atom. The van der Waals surface area contributed by atoms with Crippen LogP contribution in [0.15, 0.2) is 42.5 Å². The quantitative estimate of drug-likeness (QED) is 0.842. The van der Waals surface area contributed by atoms with Gasteiger partial charge < -0.3 is 15.8 Å². The van der Waals surface area contributed by atoms with Gasteiger partial charge in [-0.1, -0.05) is 12.1 Å². The highest BCUT2D eigenvalue weighted by Crippen LogP contribution is 2.25. The number of anilines is 2. The summed E-state index contributed by atoms with van der Waals surface area (Å²) < 4.78 is 18.1. The lowest BCUT2D eigenvalue weighted by atomic mass is 10.2. The highest BCUT2D eigenvalue weighted by molar-refractivity contribution is 5.91. The van der Waals surface area contributed by atoms with E-state index < -0.39 is 0 Å². The largest absolute Gasteiger partial charge is 0.481 e. The Morgan fingerprint density at radius 2 is 1.95 bits per heavy atom. The maximum Gasteiger partial charge on any atom is 0.262 e. The van der Waals surface area contributed by atoms with Gasteiger partial charge in [0.15, 0.2) is 6.61 Å². The lowest BCUT2D eigenvalue weighted by Gasteiger charge is -2.11. The van der Waals surface area contributed by atoms with E-state index >= 15 is 0 Å². The van der Waals surface area contributed by atoms with Crippen molar-refractivity contribution < 1.29 is 13.9 Å². The van der Waals surface area contributed by atoms with E-state index in [4.69, 9.17) is 10.5 Å². The van der Waals surface area contributed by atoms with Crippen molar-refractivity contribution in [1.82, 2.24) is 0 Å². The lowest BCUT2D eigenvalue weighted by molar-refractivity contribution is -0.118. The van der Waals surface area contributed by atoms with Crippen LogP contribution in [-0.4, -0.2) is 12.5 Å². The van der Waals surface area contributed by atoms with Crippen LogP contribution >= 0.6 is 0 Å². The van der Waals surface area contributed by atoms with Crippen LogP contribution in [0, 0.1) is 12.7 Å². The second kappa shape index (κ2) is 6.06. The minimum Gasteiger partial charge on any atom is -0.481 e. The van der Waals surface area contributed by atoms with Gasteiger partial charge in [0, 0.05) is 5.69 Å². The second-order valence-electron chi connectivity index (χ2n) is 4.34. The standard InChI is InChI=1S/C15H15FN2O2/c1-10-3-2-4-13(17)15(10)20-9-14(19)18-12-7-5-11(16)6-8-12/h2-8H,9,17H2,1H3,(H,18,19). The maximum absolute atomic E-state index is 12.7. The minimum atomic E-state index is -0.355. The molecule has 1 amide bonds. The fourth-order valence-electron chi connectivity index (χ4n) is 1.74. The molecule has 2 rings (SSSR count). The number of aryl methyl sites for hydroxylation is 1. The van der Waals surface area contributed by atoms with Crippen LogP contribution in [0.2, 0.25) is 0 Å². The van der Waals surface area contributed by atoms with Gasteiger partial charge >= 0.3 is 0 Å². The van der Waals surface area contributed by atoms with Gasteiger partial charge in [0.1, 0.15) is 11.6 Å². The van der Waals surface area contributed by atoms with Gasteiger partial charge in [-0.2, -0.15) is 0 Å². The van der Waals surface area contributed by atoms with Crippen LogP contribution in [0.5, 0.6) is 5.75 Å². The topological polar surface area (TPSA) is 64.3 Å². The zero-order valence-corrected chi connectivity index (χ0v) is 11.0. The number of benzene rings is 2. The molecule has 20 heavy (non-hydrogen) atoms. The molecule has 0 aliphatic heterocycles. The first-order valence-corrected chi connectivity index (χ1v) is 6.09. The van der Waals surface area contributed by atoms with Gasteiger partial charge in [-0.15, -0.1) is 0 Å². The lowest BCUT2D eigenvalue weighted by Crippen LogP contribution is -2.20. The number of hydrogen-bond acceptors (Lipinski definition) is 3. The third-order valence-electron chi connectivity index (χ3n) is 2.72. The number of nitrogens with two attached hydrogens (primary N) is 1. The van der Waals surface area contributed by atoms with Gasteiger partial charge in [0.2, 0.25) is 0 Å². The predicted molar refractivity (Wildman–Crippen MR) is 76.1 cm³/mol. The van der Waals surface area contributed by atoms with Crippen molar-refractivity contribution >= 4 is 17.3 Å². The zero-order chi connectivity index (χ0) is 14.5. The highest BCUT2D eigenvalue weighted by Gasteiger charge is 2.08. The summed E-state index contributed by atoms with van der Waals surface area (Å²) in [6.45, 7) is 1.69. The van der Waals surface area contributed by atoms with Crippen LogP contribution in [-0.2, 0) is 4.79 Å². The number of halogens is 1. The molecule has 0 bridgehead atoms. The monoisotopic (exact) mass is 274 g/mol. The number of nitrogens with one attached hydrogen (secondary N) is 1. The van der Waals surface area contributed by atoms with E-state index in [-0.39, 0.29) is 18.3 Å². The molecule has 4 nitrogen and oxygen atoms in total. The van der Waals surface area contributed by atoms with Crippen molar-refractivity contribution in [2.45, 2.75) is 6.92 Å². The molecule has 2 aromatic rings. The molecule has 104 valence electrons. The fraction of sp³-hybridized carbons (Fsp3) is 0.133. The summed E-state index contributed by atoms with van der Waals surface area (Å²) in [4.78, 5) is 11.7. The van der Waals surface area contributed by atoms with E-state index in [0.29, 0.717) is 17.1 Å². The molecule has 0 atom stereocenters. The Hall–Kier alpha value is -2.56. The molecule has 0 fully saturated rings. The Bertz CT molecular complexity index is 592. The van der Waals surface area contributed by atoms with Crippen molar-refractivity contribution in [3.05, 3.63) is 53.8 Å². The normalized spacial score (nSPS) is 10.1. The molecular weight excluding hydrogens is 259 g/mol. The highest BCUT2D eigenvalue weighted by atomic mass is 19.1. The van der Waals surface area contributed by atoms with Crippen LogP contribution in [0.25, 0.3) is 0 Å². The number of carbonyl (C=O) groups excluding carboxylic acids is 1. The first-order chi connectivity index (χ1) is 9.56. The number of nitrogen functional groups attached to an aromatic ring is 1. The number of rotatable bonds is 4. The number of hydrogen-bond donors (Lipinski definition) is 2. The summed E-state index contributed by atoms with van der Waals surface area (Å²) in [7, 11) is 0. The van der Waals surface area contributed by atoms with Crippen LogP contribution in [0.3, 0.4) is 0 Å². The molecule has 0 heterocycles. The Balaban J connectivity index is 1.94. The average molecular weight is 274 g/mol. The van der Waals surface area contributed by atoms with Gasteiger partial charge in [0.25, 0.3) is 5.91 Å². The van der Waals surface area contributed by atoms with E-state index in [2.05, 4.69) is 5.32 Å². The van der Waals surface area contributed by atoms with E-state index in [0.717, 1.165) is 5.56 Å². The first kappa shape index (κ1) is 13.9. The summed E-state index contributed by atoms with van der Waals surface area (Å²) in [5.74, 6) is -0.187. The molecular formula is C15H15FN2O2. The molecule has 0 saturated heterocycles. The molecule has 0 aliphatic rings. The van der Waals surface area contributed by atoms with Crippen LogP contribution in [0.1, 0.15) is 5.56 Å². The summed E-state index contributed by atoms with van der Waals surface area (Å²) in [6.07, 6.45) is 0. The number of para-hydroxylation sites is 1. The first-order valence-electron chi connectivity index (χ1n) is 6.09. The Morgan fingerprint density at radius 1 is 1.25 bits per heavy atom. The van der Waals surface area contributed by atoms with Crippen molar-refractivity contribution in [3.63, 3.8) is 0 Å². The third kappa shape index (κ3) is 3.47. The SMILES string of the molecule is Cc1cccc(N)c1OCC(=O)Nc1ccc(F)cc1. The van der Waals surface area contributed by atoms with Crippen LogP contribution in [0.4, 0.5) is 15.8 Å². The molecule has 0 unspecified atom stereocenters. The molecule has 3 N–H and O–H groups in total. The van der Waals surface area contributed by atoms with Crippen molar-refractivity contribution in [1.29, 1.82) is 0 Å². The second-order valence-corrected chi connectivity index (χ2v) is 4.34. The number of ether oxygens (including phenoxy) is 1. The zero-order valence-electron chi connectivity index (χ0n) is 11.0. The van der Waals surface area contributed by atoms with Gasteiger partial charge in [-0.05, 0) is 42.8 Å². The molecule has 0 aliphatic carbocycles. The molecule has 2 aromatic carbocycles. The maximum atomic E-state index is 12.7. The Kier molecular flexibility index (Phi) is 4.20. The van der Waals surface area contributed by atoms with Crippen molar-refractivity contribution in [2.75, 3.05) is 17.7 Å². The fourth-order valence-corrected chi connectivity index (χ4v) is 1.74. The van der Waals surface area contributed by atoms with E-state index in [1.54, 1.807) is 6.07 Å². The smallest absolute Gasteiger partial charge is 0.262 e. The van der Waals surface area contributed by atoms with Gasteiger partial charge in [-0.3, -0.25) is 4.79 Å². The van der Waals surface area contributed by atoms with E-state index in [1.165, 1.54) is 24.3 Å². The van der Waals surface area contributed by atoms with E-state index in [9.17, 15) is 9.18 Å². The van der Waals surface area contributed by atoms with Gasteiger partial charge in [-0.25, -0.2) is 4.39 Å². The van der Waals surface area contributed by atoms with Crippen molar-refractivity contribution in [2.24, 2.45) is 0 Å². The molecule has 5 heteroatoms. The average Bonchev–Trinajstić information content (AvgIpc) is 2.41. The predicted octanol–water partition coefficient (Wildman–Crippen LogP) is 2.73. The molecule has 0 aromatic heterocycles. The summed E-state index contributed by atoms with van der Waals surface area (Å²) >= 11 is 0. The summed E-state index contributed by atoms with van der Waals surface area (Å²) in [5.41, 5.74) is 7.64. The van der Waals surface area contributed by atoms with E-state index in [1.807, 2.05) is 19.1 Å². The number of amides is 1. The molecule has 0 radical (unpaired) electrons. The number of carbonyl (C=O) groups is 1. The summed E-state index contributed by atoms with van der Waals surface area (Å²) in [5, 5.41) is 2.61. The Labute approximate surface area is 116 Å². The van der Waals surface area contributed by atoms with Gasteiger partial charge in [0.05, 0.1) is 5.69 Å². The molecule has 0 spiro atoms.